The summed E-state index contributed by atoms with van der Waals surface area (Å²) in [6.45, 7) is 5.60. The van der Waals surface area contributed by atoms with Crippen molar-refractivity contribution < 1.29 is 22.8 Å². The van der Waals surface area contributed by atoms with Crippen LogP contribution in [-0.2, 0) is 19.3 Å². The number of hydrogen-bond acceptors (Lipinski definition) is 5. The molecule has 2 N–H and O–H groups in total. The fourth-order valence-electron chi connectivity index (χ4n) is 1.96. The van der Waals surface area contributed by atoms with Crippen LogP contribution in [0, 0.1) is 0 Å². The maximum Gasteiger partial charge on any atom is 0.494 e. The fourth-order valence-corrected chi connectivity index (χ4v) is 2.98. The molecule has 1 aliphatic heterocycles. The van der Waals surface area contributed by atoms with E-state index in [-0.39, 0.29) is 29.8 Å². The van der Waals surface area contributed by atoms with Gasteiger partial charge in [-0.2, -0.15) is 0 Å². The molecule has 1 aromatic rings. The van der Waals surface area contributed by atoms with Crippen LogP contribution in [0.3, 0.4) is 0 Å². The first-order chi connectivity index (χ1) is 9.76. The topological polar surface area (TPSA) is 84.9 Å². The summed E-state index contributed by atoms with van der Waals surface area (Å²) in [5.74, 6) is 0. The van der Waals surface area contributed by atoms with Gasteiger partial charge in [0.2, 0.25) is 10.0 Å². The first-order valence-corrected chi connectivity index (χ1v) is 8.28. The molecule has 0 aromatic heterocycles. The van der Waals surface area contributed by atoms with Crippen molar-refractivity contribution in [3.8, 4) is 0 Å². The van der Waals surface area contributed by atoms with Crippen molar-refractivity contribution in [1.82, 2.24) is 4.72 Å². The van der Waals surface area contributed by atoms with Gasteiger partial charge < -0.3 is 14.4 Å². The van der Waals surface area contributed by atoms with Crippen LogP contribution in [0.1, 0.15) is 20.8 Å². The predicted octanol–water partition coefficient (Wildman–Crippen LogP) is -0.134. The molecule has 116 valence electrons. The Labute approximate surface area is 125 Å². The minimum atomic E-state index is -3.59. The van der Waals surface area contributed by atoms with Crippen LogP contribution in [-0.4, -0.2) is 45.5 Å². The van der Waals surface area contributed by atoms with Gasteiger partial charge in [-0.15, -0.1) is 0 Å². The normalized spacial score (nSPS) is 21.7. The molecule has 0 amide bonds. The van der Waals surface area contributed by atoms with E-state index in [1.165, 1.54) is 12.1 Å². The zero-order valence-corrected chi connectivity index (χ0v) is 13.2. The van der Waals surface area contributed by atoms with Gasteiger partial charge in [0.05, 0.1) is 23.2 Å². The second-order valence-electron chi connectivity index (χ2n) is 5.52. The fraction of sp³-hybridized carbons (Fsp3) is 0.538. The monoisotopic (exact) mass is 313 g/mol. The molecule has 8 heteroatoms. The Hall–Kier alpha value is -0.925. The van der Waals surface area contributed by atoms with E-state index in [1.54, 1.807) is 12.1 Å². The maximum atomic E-state index is 11.9. The summed E-state index contributed by atoms with van der Waals surface area (Å²) in [7, 11) is -4.08. The molecular weight excluding hydrogens is 293 g/mol. The van der Waals surface area contributed by atoms with Gasteiger partial charge in [0.25, 0.3) is 0 Å². The first kappa shape index (κ1) is 16.4. The molecule has 0 radical (unpaired) electrons. The van der Waals surface area contributed by atoms with Crippen LogP contribution in [0.4, 0.5) is 0 Å². The lowest BCUT2D eigenvalue weighted by atomic mass is 9.79. The van der Waals surface area contributed by atoms with Crippen molar-refractivity contribution in [2.75, 3.05) is 13.2 Å². The number of rotatable bonds is 5. The molecule has 6 nitrogen and oxygen atoms in total. The van der Waals surface area contributed by atoms with Gasteiger partial charge in [-0.25, -0.2) is 13.1 Å². The van der Waals surface area contributed by atoms with Crippen molar-refractivity contribution in [2.24, 2.45) is 0 Å². The third kappa shape index (κ3) is 3.64. The smallest absolute Gasteiger partial charge is 0.402 e. The molecule has 0 saturated carbocycles. The SMILES string of the molecule is CC1OB(c2ccc(S(=O)(=O)NCCO)cc2)OC1(C)C. The highest BCUT2D eigenvalue weighted by atomic mass is 32.2. The van der Waals surface area contributed by atoms with E-state index in [0.717, 1.165) is 5.46 Å². The van der Waals surface area contributed by atoms with Gasteiger partial charge in [0.15, 0.2) is 0 Å². The molecule has 21 heavy (non-hydrogen) atoms. The van der Waals surface area contributed by atoms with E-state index >= 15 is 0 Å². The zero-order valence-electron chi connectivity index (χ0n) is 12.4. The number of sulfonamides is 1. The number of aliphatic hydroxyl groups excluding tert-OH is 1. The van der Waals surface area contributed by atoms with Crippen LogP contribution in [0.2, 0.25) is 0 Å². The second-order valence-corrected chi connectivity index (χ2v) is 7.29. The Morgan fingerprint density at radius 3 is 2.43 bits per heavy atom. The molecule has 1 heterocycles. The van der Waals surface area contributed by atoms with Crippen molar-refractivity contribution in [1.29, 1.82) is 0 Å². The summed E-state index contributed by atoms with van der Waals surface area (Å²) in [6.07, 6.45) is -0.0443. The molecule has 1 fully saturated rings. The van der Waals surface area contributed by atoms with Gasteiger partial charge in [-0.3, -0.25) is 0 Å². The highest BCUT2D eigenvalue weighted by Crippen LogP contribution is 2.26. The van der Waals surface area contributed by atoms with E-state index in [4.69, 9.17) is 14.4 Å². The molecule has 1 unspecified atom stereocenters. The standard InChI is InChI=1S/C13H20BNO5S/c1-10-13(2,3)20-14(19-10)11-4-6-12(7-5-11)21(17,18)15-8-9-16/h4-7,10,15-16H,8-9H2,1-3H3. The largest absolute Gasteiger partial charge is 0.494 e. The van der Waals surface area contributed by atoms with Crippen LogP contribution < -0.4 is 10.2 Å². The minimum absolute atomic E-state index is 0.00929. The summed E-state index contributed by atoms with van der Waals surface area (Å²) in [5, 5.41) is 8.68. The Kier molecular flexibility index (Phi) is 4.74. The highest BCUT2D eigenvalue weighted by molar-refractivity contribution is 7.89. The summed E-state index contributed by atoms with van der Waals surface area (Å²) in [6, 6.07) is 6.34. The van der Waals surface area contributed by atoms with Crippen LogP contribution in [0.25, 0.3) is 0 Å². The molecule has 0 aliphatic carbocycles. The molecule has 2 rings (SSSR count). The lowest BCUT2D eigenvalue weighted by molar-refractivity contribution is 0.0842. The summed E-state index contributed by atoms with van der Waals surface area (Å²) < 4.78 is 37.6. The Morgan fingerprint density at radius 2 is 1.95 bits per heavy atom. The molecule has 1 atom stereocenters. The highest BCUT2D eigenvalue weighted by Gasteiger charge is 2.43. The molecule has 1 aliphatic rings. The summed E-state index contributed by atoms with van der Waals surface area (Å²) in [5.41, 5.74) is 0.395. The van der Waals surface area contributed by atoms with E-state index in [1.807, 2.05) is 20.8 Å². The number of nitrogens with one attached hydrogen (secondary N) is 1. The maximum absolute atomic E-state index is 11.9. The molecule has 0 bridgehead atoms. The zero-order chi connectivity index (χ0) is 15.7. The van der Waals surface area contributed by atoms with E-state index in [2.05, 4.69) is 4.72 Å². The van der Waals surface area contributed by atoms with E-state index < -0.39 is 17.1 Å². The Balaban J connectivity index is 2.13. The van der Waals surface area contributed by atoms with Gasteiger partial charge >= 0.3 is 7.12 Å². The van der Waals surface area contributed by atoms with Crippen LogP contribution in [0.15, 0.2) is 29.2 Å². The van der Waals surface area contributed by atoms with Gasteiger partial charge in [-0.1, -0.05) is 12.1 Å². The first-order valence-electron chi connectivity index (χ1n) is 6.80. The van der Waals surface area contributed by atoms with Crippen molar-refractivity contribution >= 4 is 22.6 Å². The van der Waals surface area contributed by atoms with E-state index in [9.17, 15) is 8.42 Å². The van der Waals surface area contributed by atoms with Crippen molar-refractivity contribution in [3.63, 3.8) is 0 Å². The molecule has 1 aromatic carbocycles. The third-order valence-electron chi connectivity index (χ3n) is 3.58. The Bertz CT molecular complexity index is 587. The number of hydrogen-bond donors (Lipinski definition) is 2. The van der Waals surface area contributed by atoms with Crippen molar-refractivity contribution in [2.45, 2.75) is 37.4 Å². The van der Waals surface area contributed by atoms with Gasteiger partial charge in [0, 0.05) is 6.54 Å². The second kappa shape index (κ2) is 6.06. The molecule has 0 spiro atoms. The average Bonchev–Trinajstić information content (AvgIpc) is 2.71. The van der Waals surface area contributed by atoms with Crippen molar-refractivity contribution in [3.05, 3.63) is 24.3 Å². The summed E-state index contributed by atoms with van der Waals surface area (Å²) in [4.78, 5) is 0.144. The number of aliphatic hydroxyl groups is 1. The van der Waals surface area contributed by atoms with Crippen LogP contribution >= 0.6 is 0 Å². The lowest BCUT2D eigenvalue weighted by Gasteiger charge is -2.21. The molecular formula is C13H20BNO5S. The summed E-state index contributed by atoms with van der Waals surface area (Å²) >= 11 is 0. The Morgan fingerprint density at radius 1 is 1.33 bits per heavy atom. The minimum Gasteiger partial charge on any atom is -0.402 e. The number of benzene rings is 1. The van der Waals surface area contributed by atoms with Gasteiger partial charge in [-0.05, 0) is 38.4 Å². The molecule has 1 saturated heterocycles. The third-order valence-corrected chi connectivity index (χ3v) is 5.06. The predicted molar refractivity (Wildman–Crippen MR) is 79.8 cm³/mol. The lowest BCUT2D eigenvalue weighted by Crippen LogP contribution is -2.35. The van der Waals surface area contributed by atoms with Crippen LogP contribution in [0.5, 0.6) is 0 Å². The quantitative estimate of drug-likeness (QED) is 0.740. The average molecular weight is 313 g/mol. The van der Waals surface area contributed by atoms with E-state index in [0.29, 0.717) is 0 Å². The van der Waals surface area contributed by atoms with Gasteiger partial charge in [0.1, 0.15) is 0 Å².